The van der Waals surface area contributed by atoms with Crippen LogP contribution in [0.25, 0.3) is 0 Å². The van der Waals surface area contributed by atoms with Crippen molar-refractivity contribution < 1.29 is 4.42 Å². The molecule has 2 aromatic rings. The van der Waals surface area contributed by atoms with E-state index >= 15 is 0 Å². The van der Waals surface area contributed by atoms with E-state index in [2.05, 4.69) is 16.0 Å². The van der Waals surface area contributed by atoms with Gasteiger partial charge < -0.3 is 10.2 Å². The van der Waals surface area contributed by atoms with E-state index in [-0.39, 0.29) is 10.2 Å². The van der Waals surface area contributed by atoms with E-state index in [9.17, 15) is 0 Å². The van der Waals surface area contributed by atoms with E-state index in [1.54, 1.807) is 43.5 Å². The summed E-state index contributed by atoms with van der Waals surface area (Å²) in [5, 5.41) is 6.50. The number of furan rings is 1. The first-order chi connectivity index (χ1) is 11.4. The number of hydrazone groups is 1. The number of nitrogens with zero attached hydrogens (tertiary/aromatic N) is 2. The second-order valence-corrected chi connectivity index (χ2v) is 6.14. The third-order valence-electron chi connectivity index (χ3n) is 2.80. The molecule has 126 valence electrons. The van der Waals surface area contributed by atoms with Crippen molar-refractivity contribution in [2.75, 3.05) is 5.01 Å². The van der Waals surface area contributed by atoms with Gasteiger partial charge in [0.15, 0.2) is 5.11 Å². The molecule has 10 heteroatoms. The molecular formula is C14H13Cl2N5OS2. The van der Waals surface area contributed by atoms with Gasteiger partial charge in [0, 0.05) is 0 Å². The highest BCUT2D eigenvalue weighted by Crippen LogP contribution is 2.26. The molecular weight excluding hydrogens is 389 g/mol. The van der Waals surface area contributed by atoms with Gasteiger partial charge in [-0.2, -0.15) is 5.10 Å². The van der Waals surface area contributed by atoms with Crippen molar-refractivity contribution in [3.63, 3.8) is 0 Å². The highest BCUT2D eigenvalue weighted by atomic mass is 35.5. The Morgan fingerprint density at radius 3 is 2.58 bits per heavy atom. The van der Waals surface area contributed by atoms with E-state index < -0.39 is 0 Å². The summed E-state index contributed by atoms with van der Waals surface area (Å²) in [6.45, 7) is 1.78. The lowest BCUT2D eigenvalue weighted by atomic mass is 10.3. The van der Waals surface area contributed by atoms with Crippen LogP contribution in [0.3, 0.4) is 0 Å². The highest BCUT2D eigenvalue weighted by molar-refractivity contribution is 7.80. The minimum Gasteiger partial charge on any atom is -0.463 e. The Morgan fingerprint density at radius 1 is 1.25 bits per heavy atom. The van der Waals surface area contributed by atoms with Gasteiger partial charge in [0.05, 0.1) is 22.0 Å². The number of rotatable bonds is 3. The lowest BCUT2D eigenvalue weighted by Crippen LogP contribution is -2.51. The topological polar surface area (TPSA) is 78.8 Å². The zero-order chi connectivity index (χ0) is 17.7. The number of hydrogen-bond acceptors (Lipinski definition) is 4. The van der Waals surface area contributed by atoms with Gasteiger partial charge in [-0.05, 0) is 61.7 Å². The fourth-order valence-electron chi connectivity index (χ4n) is 1.67. The molecule has 0 fully saturated rings. The molecule has 0 aliphatic carbocycles. The lowest BCUT2D eigenvalue weighted by molar-refractivity contribution is 0.556. The maximum atomic E-state index is 6.01. The number of benzene rings is 1. The fraction of sp³-hybridized carbons (Fsp3) is 0.0714. The third-order valence-corrected chi connectivity index (χ3v) is 3.90. The summed E-state index contributed by atoms with van der Waals surface area (Å²) < 4.78 is 5.23. The molecule has 0 amide bonds. The van der Waals surface area contributed by atoms with Crippen LogP contribution in [-0.4, -0.2) is 15.9 Å². The molecule has 1 heterocycles. The van der Waals surface area contributed by atoms with Crippen molar-refractivity contribution in [2.45, 2.75) is 6.92 Å². The molecule has 1 aromatic carbocycles. The highest BCUT2D eigenvalue weighted by Gasteiger charge is 2.12. The Morgan fingerprint density at radius 2 is 2.00 bits per heavy atom. The van der Waals surface area contributed by atoms with Crippen LogP contribution in [-0.2, 0) is 0 Å². The predicted octanol–water partition coefficient (Wildman–Crippen LogP) is 3.44. The van der Waals surface area contributed by atoms with E-state index in [1.807, 2.05) is 0 Å². The van der Waals surface area contributed by atoms with Crippen molar-refractivity contribution in [1.29, 1.82) is 0 Å². The largest absolute Gasteiger partial charge is 0.463 e. The van der Waals surface area contributed by atoms with Gasteiger partial charge in [0.1, 0.15) is 11.5 Å². The Labute approximate surface area is 159 Å². The van der Waals surface area contributed by atoms with Gasteiger partial charge in [-0.1, -0.05) is 23.2 Å². The maximum absolute atomic E-state index is 6.01. The molecule has 0 saturated carbocycles. The maximum Gasteiger partial charge on any atom is 0.206 e. The standard InChI is InChI=1S/C14H13Cl2N5OS2/c1-8(12-3-2-6-22-12)18-19-14(24)20-21(13(17)23)9-4-5-10(15)11(16)7-9/h2-7H,1H3,(H2,17,23)(H2,19,20,24)/b18-8-. The lowest BCUT2D eigenvalue weighted by Gasteiger charge is -2.24. The molecule has 0 aliphatic heterocycles. The zero-order valence-electron chi connectivity index (χ0n) is 12.4. The summed E-state index contributed by atoms with van der Waals surface area (Å²) in [5.74, 6) is 0.626. The van der Waals surface area contributed by atoms with Crippen molar-refractivity contribution in [3.05, 3.63) is 52.4 Å². The summed E-state index contributed by atoms with van der Waals surface area (Å²) >= 11 is 22.1. The van der Waals surface area contributed by atoms with Crippen molar-refractivity contribution in [3.8, 4) is 0 Å². The molecule has 1 aromatic heterocycles. The smallest absolute Gasteiger partial charge is 0.206 e. The van der Waals surface area contributed by atoms with Crippen LogP contribution < -0.4 is 21.6 Å². The normalized spacial score (nSPS) is 11.0. The van der Waals surface area contributed by atoms with Gasteiger partial charge >= 0.3 is 0 Å². The average Bonchev–Trinajstić information content (AvgIpc) is 3.07. The van der Waals surface area contributed by atoms with Crippen LogP contribution in [0.4, 0.5) is 5.69 Å². The predicted molar refractivity (Wildman–Crippen MR) is 106 cm³/mol. The van der Waals surface area contributed by atoms with Crippen molar-refractivity contribution in [2.24, 2.45) is 10.8 Å². The van der Waals surface area contributed by atoms with Crippen molar-refractivity contribution in [1.82, 2.24) is 10.9 Å². The Hall–Kier alpha value is -1.87. The SMILES string of the molecule is C/C(=N/NC(=S)NN(C(N)=S)c1ccc(Cl)c(Cl)c1)c1ccco1. The number of hydrazine groups is 1. The van der Waals surface area contributed by atoms with Crippen LogP contribution in [0.5, 0.6) is 0 Å². The minimum atomic E-state index is 0.0456. The molecule has 0 saturated heterocycles. The zero-order valence-corrected chi connectivity index (χ0v) is 15.6. The average molecular weight is 402 g/mol. The molecule has 0 bridgehead atoms. The van der Waals surface area contributed by atoms with Gasteiger partial charge in [-0.3, -0.25) is 10.9 Å². The van der Waals surface area contributed by atoms with Gasteiger partial charge in [0.2, 0.25) is 5.11 Å². The monoisotopic (exact) mass is 401 g/mol. The Bertz CT molecular complexity index is 779. The Kier molecular flexibility index (Phi) is 6.38. The molecule has 6 nitrogen and oxygen atoms in total. The van der Waals surface area contributed by atoms with Gasteiger partial charge in [-0.25, -0.2) is 5.01 Å². The van der Waals surface area contributed by atoms with Crippen LogP contribution in [0, 0.1) is 0 Å². The van der Waals surface area contributed by atoms with Gasteiger partial charge in [-0.15, -0.1) is 0 Å². The third kappa shape index (κ3) is 4.81. The molecule has 0 unspecified atom stereocenters. The molecule has 2 rings (SSSR count). The van der Waals surface area contributed by atoms with E-state index in [4.69, 9.17) is 57.8 Å². The molecule has 0 atom stereocenters. The van der Waals surface area contributed by atoms with E-state index in [0.29, 0.717) is 27.2 Å². The first-order valence-corrected chi connectivity index (χ1v) is 8.15. The Balaban J connectivity index is 2.07. The summed E-state index contributed by atoms with van der Waals surface area (Å²) in [5.41, 5.74) is 12.4. The minimum absolute atomic E-state index is 0.0456. The quantitative estimate of drug-likeness (QED) is 0.412. The summed E-state index contributed by atoms with van der Waals surface area (Å²) in [4.78, 5) is 0. The molecule has 24 heavy (non-hydrogen) atoms. The van der Waals surface area contributed by atoms with Crippen LogP contribution >= 0.6 is 47.6 Å². The molecule has 0 spiro atoms. The molecule has 0 radical (unpaired) electrons. The molecule has 4 N–H and O–H groups in total. The van der Waals surface area contributed by atoms with Gasteiger partial charge in [0.25, 0.3) is 0 Å². The number of anilines is 1. The number of hydrogen-bond donors (Lipinski definition) is 3. The fourth-order valence-corrected chi connectivity index (χ4v) is 2.25. The summed E-state index contributed by atoms with van der Waals surface area (Å²) in [7, 11) is 0. The van der Waals surface area contributed by atoms with E-state index in [0.717, 1.165) is 0 Å². The van der Waals surface area contributed by atoms with Crippen LogP contribution in [0.1, 0.15) is 12.7 Å². The number of thiocarbonyl (C=S) groups is 2. The number of nitrogens with two attached hydrogens (primary N) is 1. The second-order valence-electron chi connectivity index (χ2n) is 4.50. The number of nitrogens with one attached hydrogen (secondary N) is 2. The first-order valence-electron chi connectivity index (χ1n) is 6.58. The second kappa shape index (κ2) is 8.29. The van der Waals surface area contributed by atoms with E-state index in [1.165, 1.54) is 5.01 Å². The number of halogens is 2. The van der Waals surface area contributed by atoms with Crippen molar-refractivity contribution >= 4 is 69.3 Å². The molecule has 0 aliphatic rings. The van der Waals surface area contributed by atoms with Crippen LogP contribution in [0.2, 0.25) is 10.0 Å². The summed E-state index contributed by atoms with van der Waals surface area (Å²) in [6.07, 6.45) is 1.56. The first kappa shape index (κ1) is 18.5. The van der Waals surface area contributed by atoms with Crippen LogP contribution in [0.15, 0.2) is 46.1 Å². The summed E-state index contributed by atoms with van der Waals surface area (Å²) in [6, 6.07) is 8.48.